The molecule has 0 bridgehead atoms. The molecule has 0 aliphatic carbocycles. The fourth-order valence-electron chi connectivity index (χ4n) is 4.72. The average molecular weight is 475 g/mol. The molecule has 3 N–H and O–H groups in total. The molecule has 0 heterocycles. The van der Waals surface area contributed by atoms with Crippen molar-refractivity contribution >= 4 is 5.97 Å². The minimum absolute atomic E-state index is 0.190. The molecule has 3 aromatic rings. The first-order chi connectivity index (χ1) is 17.0. The summed E-state index contributed by atoms with van der Waals surface area (Å²) in [7, 11) is 0. The average Bonchev–Trinajstić information content (AvgIpc) is 2.86. The van der Waals surface area contributed by atoms with Crippen LogP contribution in [0, 0.1) is 5.92 Å². The molecular weight excluding hydrogens is 436 g/mol. The minimum atomic E-state index is -0.750. The van der Waals surface area contributed by atoms with Gasteiger partial charge in [0.1, 0.15) is 11.5 Å². The number of carboxylic acid groups (broad SMARTS) is 1. The number of phenolic OH excluding ortho intramolecular Hbond substituents is 2. The maximum atomic E-state index is 12.2. The Morgan fingerprint density at radius 3 is 1.83 bits per heavy atom. The molecule has 3 aromatic carbocycles. The minimum Gasteiger partial charge on any atom is -0.508 e. The van der Waals surface area contributed by atoms with Crippen LogP contribution in [0.4, 0.5) is 0 Å². The van der Waals surface area contributed by atoms with E-state index in [4.69, 9.17) is 0 Å². The van der Waals surface area contributed by atoms with Crippen molar-refractivity contribution in [2.75, 3.05) is 0 Å². The van der Waals surface area contributed by atoms with E-state index in [0.29, 0.717) is 12.8 Å². The number of rotatable bonds is 14. The fraction of sp³-hybridized carbons (Fsp3) is 0.387. The molecule has 0 saturated heterocycles. The second kappa shape index (κ2) is 13.6. The summed E-state index contributed by atoms with van der Waals surface area (Å²) < 4.78 is 0. The lowest BCUT2D eigenvalue weighted by Gasteiger charge is -2.19. The number of unbranched alkanes of at least 4 members (excludes halogenated alkanes) is 7. The fourth-order valence-corrected chi connectivity index (χ4v) is 4.72. The Morgan fingerprint density at radius 2 is 1.26 bits per heavy atom. The van der Waals surface area contributed by atoms with Crippen LogP contribution in [0.5, 0.6) is 11.5 Å². The molecule has 0 spiro atoms. The Hall–Kier alpha value is -3.27. The molecule has 3 rings (SSSR count). The summed E-state index contributed by atoms with van der Waals surface area (Å²) >= 11 is 0. The quantitative estimate of drug-likeness (QED) is 0.206. The third-order valence-corrected chi connectivity index (χ3v) is 6.71. The first-order valence-electron chi connectivity index (χ1n) is 12.9. The van der Waals surface area contributed by atoms with E-state index in [9.17, 15) is 20.1 Å². The van der Waals surface area contributed by atoms with Crippen LogP contribution in [0.1, 0.15) is 70.3 Å². The molecule has 186 valence electrons. The van der Waals surface area contributed by atoms with E-state index < -0.39 is 11.9 Å². The Bertz CT molecular complexity index is 1050. The second-order valence-electron chi connectivity index (χ2n) is 9.44. The lowest BCUT2D eigenvalue weighted by atomic mass is 9.85. The van der Waals surface area contributed by atoms with Gasteiger partial charge in [0.05, 0.1) is 5.92 Å². The predicted molar refractivity (Wildman–Crippen MR) is 143 cm³/mol. The van der Waals surface area contributed by atoms with E-state index in [-0.39, 0.29) is 11.5 Å². The number of hydrogen-bond donors (Lipinski definition) is 3. The molecule has 0 radical (unpaired) electrons. The van der Waals surface area contributed by atoms with Gasteiger partial charge >= 0.3 is 5.97 Å². The summed E-state index contributed by atoms with van der Waals surface area (Å²) in [6.45, 7) is 2.22. The number of carboxylic acids is 1. The summed E-state index contributed by atoms with van der Waals surface area (Å²) in [6, 6.07) is 20.1. The van der Waals surface area contributed by atoms with Gasteiger partial charge in [-0.05, 0) is 64.9 Å². The van der Waals surface area contributed by atoms with Gasteiger partial charge < -0.3 is 15.3 Å². The van der Waals surface area contributed by atoms with Crippen LogP contribution in [0.25, 0.3) is 22.3 Å². The normalized spacial score (nSPS) is 11.9. The monoisotopic (exact) mass is 474 g/mol. The van der Waals surface area contributed by atoms with Crippen molar-refractivity contribution in [1.29, 1.82) is 0 Å². The molecule has 0 saturated carbocycles. The predicted octanol–water partition coefficient (Wildman–Crippen LogP) is 8.21. The van der Waals surface area contributed by atoms with Crippen LogP contribution in [0.15, 0.2) is 66.7 Å². The van der Waals surface area contributed by atoms with E-state index >= 15 is 0 Å². The Morgan fingerprint density at radius 1 is 0.714 bits per heavy atom. The largest absolute Gasteiger partial charge is 0.508 e. The number of phenols is 2. The highest BCUT2D eigenvalue weighted by Gasteiger charge is 2.21. The van der Waals surface area contributed by atoms with Crippen LogP contribution in [-0.2, 0) is 11.2 Å². The van der Waals surface area contributed by atoms with Gasteiger partial charge in [-0.15, -0.1) is 0 Å². The molecule has 35 heavy (non-hydrogen) atoms. The zero-order valence-electron chi connectivity index (χ0n) is 20.7. The molecular formula is C31H38O4. The number of benzene rings is 3. The Kier molecular flexibility index (Phi) is 10.2. The molecule has 4 heteroatoms. The highest BCUT2D eigenvalue weighted by molar-refractivity contribution is 5.86. The van der Waals surface area contributed by atoms with E-state index in [0.717, 1.165) is 40.7 Å². The van der Waals surface area contributed by atoms with Crippen LogP contribution in [0.2, 0.25) is 0 Å². The lowest BCUT2D eigenvalue weighted by Crippen LogP contribution is -2.17. The maximum absolute atomic E-state index is 12.2. The molecule has 0 aliphatic rings. The molecule has 0 fully saturated rings. The molecule has 1 atom stereocenters. The third kappa shape index (κ3) is 7.88. The molecule has 0 amide bonds. The zero-order valence-corrected chi connectivity index (χ0v) is 20.7. The molecule has 0 aromatic heterocycles. The van der Waals surface area contributed by atoms with Crippen molar-refractivity contribution in [3.8, 4) is 33.8 Å². The second-order valence-corrected chi connectivity index (χ2v) is 9.44. The van der Waals surface area contributed by atoms with Crippen molar-refractivity contribution in [1.82, 2.24) is 0 Å². The number of aliphatic carboxylic acids is 1. The number of hydrogen-bond acceptors (Lipinski definition) is 3. The summed E-state index contributed by atoms with van der Waals surface area (Å²) in [6.07, 6.45) is 10.7. The number of aromatic hydroxyl groups is 2. The van der Waals surface area contributed by atoms with E-state index in [1.54, 1.807) is 24.3 Å². The van der Waals surface area contributed by atoms with Crippen LogP contribution in [0.3, 0.4) is 0 Å². The van der Waals surface area contributed by atoms with Crippen molar-refractivity contribution < 1.29 is 20.1 Å². The van der Waals surface area contributed by atoms with Crippen molar-refractivity contribution in [2.24, 2.45) is 5.92 Å². The highest BCUT2D eigenvalue weighted by atomic mass is 16.4. The maximum Gasteiger partial charge on any atom is 0.306 e. The van der Waals surface area contributed by atoms with Crippen molar-refractivity contribution in [3.63, 3.8) is 0 Å². The van der Waals surface area contributed by atoms with Gasteiger partial charge in [0.15, 0.2) is 0 Å². The third-order valence-electron chi connectivity index (χ3n) is 6.71. The molecule has 1 unspecified atom stereocenters. The van der Waals surface area contributed by atoms with Gasteiger partial charge in [0.25, 0.3) is 0 Å². The smallest absolute Gasteiger partial charge is 0.306 e. The summed E-state index contributed by atoms with van der Waals surface area (Å²) in [4.78, 5) is 12.2. The highest BCUT2D eigenvalue weighted by Crippen LogP contribution is 2.37. The van der Waals surface area contributed by atoms with E-state index in [1.807, 2.05) is 42.5 Å². The van der Waals surface area contributed by atoms with Crippen LogP contribution >= 0.6 is 0 Å². The molecule has 4 nitrogen and oxygen atoms in total. The van der Waals surface area contributed by atoms with E-state index in [2.05, 4.69) is 6.92 Å². The van der Waals surface area contributed by atoms with Crippen LogP contribution < -0.4 is 0 Å². The van der Waals surface area contributed by atoms with Gasteiger partial charge in [0, 0.05) is 0 Å². The summed E-state index contributed by atoms with van der Waals surface area (Å²) in [5.41, 5.74) is 4.80. The summed E-state index contributed by atoms with van der Waals surface area (Å²) in [5, 5.41) is 29.5. The van der Waals surface area contributed by atoms with Crippen LogP contribution in [-0.4, -0.2) is 21.3 Å². The first-order valence-corrected chi connectivity index (χ1v) is 12.9. The summed E-state index contributed by atoms with van der Waals surface area (Å²) in [5.74, 6) is -0.802. The van der Waals surface area contributed by atoms with Crippen molar-refractivity contribution in [2.45, 2.75) is 71.1 Å². The van der Waals surface area contributed by atoms with Gasteiger partial charge in [-0.3, -0.25) is 4.79 Å². The van der Waals surface area contributed by atoms with Gasteiger partial charge in [-0.1, -0.05) is 101 Å². The van der Waals surface area contributed by atoms with Gasteiger partial charge in [-0.2, -0.15) is 0 Å². The standard InChI is InChI=1S/C31H38O4/c1-2-3-4-5-6-7-8-9-11-26(31(34)35)22-25-12-10-13-29(23-14-18-27(32)19-15-23)30(25)24-16-20-28(33)21-17-24/h10,12-21,26,32-33H,2-9,11,22H2,1H3,(H,34,35). The van der Waals surface area contributed by atoms with E-state index in [1.165, 1.54) is 38.5 Å². The SMILES string of the molecule is CCCCCCCCCCC(Cc1cccc(-c2ccc(O)cc2)c1-c1ccc(O)cc1)C(=O)O. The number of carbonyl (C=O) groups is 1. The Labute approximate surface area is 209 Å². The van der Waals surface area contributed by atoms with Crippen molar-refractivity contribution in [3.05, 3.63) is 72.3 Å². The zero-order chi connectivity index (χ0) is 25.0. The Balaban J connectivity index is 1.80. The lowest BCUT2D eigenvalue weighted by molar-refractivity contribution is -0.142. The molecule has 0 aliphatic heterocycles. The first kappa shape index (κ1) is 26.3. The topological polar surface area (TPSA) is 77.8 Å². The van der Waals surface area contributed by atoms with Gasteiger partial charge in [-0.25, -0.2) is 0 Å². The van der Waals surface area contributed by atoms with Gasteiger partial charge in [0.2, 0.25) is 0 Å².